The van der Waals surface area contributed by atoms with Crippen molar-refractivity contribution in [3.63, 3.8) is 0 Å². The van der Waals surface area contributed by atoms with E-state index in [1.54, 1.807) is 61.7 Å². The summed E-state index contributed by atoms with van der Waals surface area (Å²) in [6, 6.07) is 28.4. The van der Waals surface area contributed by atoms with Gasteiger partial charge in [-0.15, -0.1) is 0 Å². The fourth-order valence-corrected chi connectivity index (χ4v) is 6.33. The molecule has 0 unspecified atom stereocenters. The lowest BCUT2D eigenvalue weighted by molar-refractivity contribution is -0.140. The van der Waals surface area contributed by atoms with Crippen LogP contribution < -0.4 is 14.4 Å². The molecule has 0 radical (unpaired) electrons. The molecular weight excluding hydrogens is 598 g/mol. The summed E-state index contributed by atoms with van der Waals surface area (Å²) in [6.45, 7) is 3.53. The number of hydrogen-bond acceptors (Lipinski definition) is 5. The van der Waals surface area contributed by atoms with Crippen molar-refractivity contribution >= 4 is 39.1 Å². The predicted molar refractivity (Wildman–Crippen MR) is 173 cm³/mol. The Kier molecular flexibility index (Phi) is 11.0. The molecule has 4 rings (SSSR count). The van der Waals surface area contributed by atoms with Gasteiger partial charge < -0.3 is 15.0 Å². The van der Waals surface area contributed by atoms with E-state index in [1.807, 2.05) is 50.2 Å². The summed E-state index contributed by atoms with van der Waals surface area (Å²) >= 11 is 6.12. The van der Waals surface area contributed by atoms with Crippen LogP contribution in [-0.2, 0) is 32.6 Å². The van der Waals surface area contributed by atoms with Gasteiger partial charge >= 0.3 is 0 Å². The van der Waals surface area contributed by atoms with Crippen molar-refractivity contribution in [1.29, 1.82) is 0 Å². The first-order valence-electron chi connectivity index (χ1n) is 14.2. The van der Waals surface area contributed by atoms with Crippen molar-refractivity contribution < 1.29 is 22.7 Å². The Balaban J connectivity index is 1.80. The van der Waals surface area contributed by atoms with Crippen LogP contribution in [0.5, 0.6) is 5.75 Å². The average Bonchev–Trinajstić information content (AvgIpc) is 3.02. The number of nitrogens with one attached hydrogen (secondary N) is 1. The predicted octanol–water partition coefficient (Wildman–Crippen LogP) is 5.63. The number of benzene rings is 4. The molecule has 4 aromatic carbocycles. The molecule has 44 heavy (non-hydrogen) atoms. The molecule has 8 nitrogen and oxygen atoms in total. The highest BCUT2D eigenvalue weighted by Crippen LogP contribution is 2.27. The summed E-state index contributed by atoms with van der Waals surface area (Å²) < 4.78 is 34.6. The number of methoxy groups -OCH3 is 1. The summed E-state index contributed by atoms with van der Waals surface area (Å²) in [7, 11) is -2.64. The fraction of sp³-hybridized carbons (Fsp3) is 0.235. The highest BCUT2D eigenvalue weighted by atomic mass is 35.5. The lowest BCUT2D eigenvalue weighted by Gasteiger charge is -2.34. The summed E-state index contributed by atoms with van der Waals surface area (Å²) in [5, 5.41) is 3.28. The van der Waals surface area contributed by atoms with Crippen molar-refractivity contribution in [3.8, 4) is 5.75 Å². The van der Waals surface area contributed by atoms with Gasteiger partial charge in [-0.25, -0.2) is 8.42 Å². The van der Waals surface area contributed by atoms with E-state index in [-0.39, 0.29) is 29.5 Å². The van der Waals surface area contributed by atoms with Gasteiger partial charge in [0.1, 0.15) is 18.3 Å². The molecule has 230 valence electrons. The summed E-state index contributed by atoms with van der Waals surface area (Å²) in [4.78, 5) is 29.5. The molecule has 0 aliphatic rings. The van der Waals surface area contributed by atoms with E-state index in [4.69, 9.17) is 16.3 Å². The molecule has 0 fully saturated rings. The highest BCUT2D eigenvalue weighted by Gasteiger charge is 2.34. The van der Waals surface area contributed by atoms with Crippen LogP contribution in [0.15, 0.2) is 108 Å². The Labute approximate surface area is 264 Å². The molecule has 2 amide bonds. The van der Waals surface area contributed by atoms with Gasteiger partial charge in [-0.05, 0) is 73.5 Å². The third kappa shape index (κ3) is 8.18. The summed E-state index contributed by atoms with van der Waals surface area (Å²) in [6.07, 6.45) is 0.230. The summed E-state index contributed by atoms with van der Waals surface area (Å²) in [5.41, 5.74) is 2.74. The number of sulfonamides is 1. The zero-order valence-electron chi connectivity index (χ0n) is 24.9. The van der Waals surface area contributed by atoms with Crippen LogP contribution in [0.2, 0.25) is 5.02 Å². The molecule has 0 bridgehead atoms. The van der Waals surface area contributed by atoms with Crippen molar-refractivity contribution in [2.24, 2.45) is 0 Å². The number of carbonyl (C=O) groups is 2. The van der Waals surface area contributed by atoms with Gasteiger partial charge in [-0.2, -0.15) is 0 Å². The Morgan fingerprint density at radius 3 is 2.18 bits per heavy atom. The minimum Gasteiger partial charge on any atom is -0.497 e. The monoisotopic (exact) mass is 633 g/mol. The molecule has 1 atom stereocenters. The molecule has 0 aliphatic heterocycles. The van der Waals surface area contributed by atoms with Crippen molar-refractivity contribution in [2.75, 3.05) is 24.5 Å². The van der Waals surface area contributed by atoms with Crippen LogP contribution in [0.1, 0.15) is 23.6 Å². The minimum absolute atomic E-state index is 0.0368. The molecule has 0 spiro atoms. The quantitative estimate of drug-likeness (QED) is 0.206. The van der Waals surface area contributed by atoms with E-state index in [9.17, 15) is 18.0 Å². The van der Waals surface area contributed by atoms with Gasteiger partial charge in [0.2, 0.25) is 11.8 Å². The third-order valence-electron chi connectivity index (χ3n) is 7.11. The number of nitrogens with zero attached hydrogens (tertiary/aromatic N) is 2. The Bertz CT molecular complexity index is 1660. The van der Waals surface area contributed by atoms with E-state index < -0.39 is 28.5 Å². The van der Waals surface area contributed by atoms with Gasteiger partial charge in [0.15, 0.2) is 0 Å². The number of ether oxygens (including phenoxy) is 1. The van der Waals surface area contributed by atoms with Crippen LogP contribution in [0.3, 0.4) is 0 Å². The maximum absolute atomic E-state index is 14.4. The van der Waals surface area contributed by atoms with Gasteiger partial charge in [-0.1, -0.05) is 71.8 Å². The molecule has 4 aromatic rings. The number of anilines is 1. The van der Waals surface area contributed by atoms with E-state index in [0.717, 1.165) is 21.0 Å². The molecule has 10 heteroatoms. The maximum atomic E-state index is 14.4. The summed E-state index contributed by atoms with van der Waals surface area (Å²) in [5.74, 6) is -0.296. The second-order valence-corrected chi connectivity index (χ2v) is 12.6. The number of aryl methyl sites for hydroxylation is 1. The number of halogens is 1. The Hall–Kier alpha value is -4.34. The van der Waals surface area contributed by atoms with Crippen LogP contribution in [0.25, 0.3) is 0 Å². The smallest absolute Gasteiger partial charge is 0.264 e. The molecule has 0 heterocycles. The zero-order valence-corrected chi connectivity index (χ0v) is 26.5. The number of likely N-dealkylation sites (N-methyl/N-ethyl adjacent to an activating group) is 1. The van der Waals surface area contributed by atoms with E-state index in [0.29, 0.717) is 17.3 Å². The van der Waals surface area contributed by atoms with Crippen molar-refractivity contribution in [1.82, 2.24) is 10.2 Å². The minimum atomic E-state index is -4.19. The lowest BCUT2D eigenvalue weighted by atomic mass is 10.0. The topological polar surface area (TPSA) is 96.0 Å². The first-order valence-corrected chi connectivity index (χ1v) is 16.0. The van der Waals surface area contributed by atoms with Gasteiger partial charge in [0, 0.05) is 24.5 Å². The first-order chi connectivity index (χ1) is 21.1. The molecule has 0 saturated carbocycles. The van der Waals surface area contributed by atoms with Crippen molar-refractivity contribution in [2.45, 2.75) is 37.8 Å². The van der Waals surface area contributed by atoms with Gasteiger partial charge in [0.25, 0.3) is 10.0 Å². The second-order valence-electron chi connectivity index (χ2n) is 10.3. The lowest BCUT2D eigenvalue weighted by Crippen LogP contribution is -2.53. The largest absolute Gasteiger partial charge is 0.497 e. The van der Waals surface area contributed by atoms with E-state index >= 15 is 0 Å². The number of carbonyl (C=O) groups excluding carboxylic acids is 2. The second kappa shape index (κ2) is 14.9. The highest BCUT2D eigenvalue weighted by molar-refractivity contribution is 7.92. The van der Waals surface area contributed by atoms with Crippen LogP contribution in [0, 0.1) is 6.92 Å². The van der Waals surface area contributed by atoms with Crippen LogP contribution in [-0.4, -0.2) is 51.4 Å². The van der Waals surface area contributed by atoms with Gasteiger partial charge in [0.05, 0.1) is 17.7 Å². The first kappa shape index (κ1) is 32.6. The Morgan fingerprint density at radius 1 is 0.886 bits per heavy atom. The van der Waals surface area contributed by atoms with E-state index in [1.165, 1.54) is 17.0 Å². The standard InChI is InChI=1S/C34H36ClN3O5S/c1-4-36-34(40)32(22-26-9-6-5-7-10-26)37(23-27-11-8-12-30(21-27)43-3)33(39)24-38(29-17-15-28(35)16-18-29)44(41,42)31-19-13-25(2)14-20-31/h5-21,32H,4,22-24H2,1-3H3,(H,36,40)/t32-/m0/s1. The number of rotatable bonds is 13. The molecule has 0 aliphatic carbocycles. The zero-order chi connectivity index (χ0) is 31.7. The number of amides is 2. The normalized spacial score (nSPS) is 11.8. The third-order valence-corrected chi connectivity index (χ3v) is 9.15. The van der Waals surface area contributed by atoms with Crippen molar-refractivity contribution in [3.05, 3.63) is 125 Å². The number of hydrogen-bond donors (Lipinski definition) is 1. The fourth-order valence-electron chi connectivity index (χ4n) is 4.79. The van der Waals surface area contributed by atoms with Crippen LogP contribution in [0.4, 0.5) is 5.69 Å². The van der Waals surface area contributed by atoms with Gasteiger partial charge in [-0.3, -0.25) is 13.9 Å². The molecule has 0 saturated heterocycles. The maximum Gasteiger partial charge on any atom is 0.264 e. The average molecular weight is 634 g/mol. The molecule has 1 N–H and O–H groups in total. The van der Waals surface area contributed by atoms with E-state index in [2.05, 4.69) is 5.32 Å². The SMILES string of the molecule is CCNC(=O)[C@H](Cc1ccccc1)N(Cc1cccc(OC)c1)C(=O)CN(c1ccc(Cl)cc1)S(=O)(=O)c1ccc(C)cc1. The Morgan fingerprint density at radius 2 is 1.55 bits per heavy atom. The van der Waals surface area contributed by atoms with Crippen LogP contribution >= 0.6 is 11.6 Å². The molecular formula is C34H36ClN3O5S. The molecule has 0 aromatic heterocycles.